The van der Waals surface area contributed by atoms with Crippen LogP contribution in [-0.4, -0.2) is 4.99 Å². The van der Waals surface area contributed by atoms with Crippen LogP contribution in [0.25, 0.3) is 0 Å². The zero-order valence-corrected chi connectivity index (χ0v) is 13.2. The van der Waals surface area contributed by atoms with E-state index in [0.717, 1.165) is 12.1 Å². The van der Waals surface area contributed by atoms with Gasteiger partial charge in [-0.3, -0.25) is 0 Å². The van der Waals surface area contributed by atoms with Crippen LogP contribution in [-0.2, 0) is 6.18 Å². The van der Waals surface area contributed by atoms with Gasteiger partial charge in [0.1, 0.15) is 16.6 Å². The smallest absolute Gasteiger partial charge is 0.400 e. The molecule has 0 amide bonds. The topological polar surface area (TPSA) is 61.8 Å². The Morgan fingerprint density at radius 2 is 1.68 bits per heavy atom. The molecule has 0 aliphatic heterocycles. The molecule has 118 valence electrons. The molecule has 22 heavy (non-hydrogen) atoms. The number of anilines is 1. The molecule has 0 aromatic heterocycles. The van der Waals surface area contributed by atoms with E-state index in [4.69, 9.17) is 18.0 Å². The predicted octanol–water partition coefficient (Wildman–Crippen LogP) is 4.23. The maximum atomic E-state index is 12.5. The summed E-state index contributed by atoms with van der Waals surface area (Å²) in [5.41, 5.74) is 5.51. The molecule has 3 nitrogen and oxygen atoms in total. The highest BCUT2D eigenvalue weighted by atomic mass is 32.1. The Balaban J connectivity index is 3.00. The molecule has 0 aliphatic carbocycles. The first-order valence-corrected chi connectivity index (χ1v) is 6.76. The average molecular weight is 327 g/mol. The Morgan fingerprint density at radius 1 is 1.18 bits per heavy atom. The van der Waals surface area contributed by atoms with Crippen LogP contribution in [0.15, 0.2) is 35.5 Å². The molecule has 0 atom stereocenters. The number of hydrogen-bond donors (Lipinski definition) is 2. The van der Waals surface area contributed by atoms with Gasteiger partial charge in [-0.05, 0) is 24.3 Å². The van der Waals surface area contributed by atoms with Gasteiger partial charge in [0.15, 0.2) is 0 Å². The highest BCUT2D eigenvalue weighted by molar-refractivity contribution is 7.81. The van der Waals surface area contributed by atoms with E-state index in [-0.39, 0.29) is 10.6 Å². The summed E-state index contributed by atoms with van der Waals surface area (Å²) in [6.45, 7) is 5.50. The van der Waals surface area contributed by atoms with Gasteiger partial charge in [-0.2, -0.15) is 18.4 Å². The first kappa shape index (κ1) is 18.0. The zero-order valence-electron chi connectivity index (χ0n) is 12.4. The van der Waals surface area contributed by atoms with Crippen molar-refractivity contribution in [3.8, 4) is 6.07 Å². The largest absolute Gasteiger partial charge is 0.416 e. The van der Waals surface area contributed by atoms with Crippen molar-refractivity contribution in [1.29, 1.82) is 5.26 Å². The molecule has 1 aromatic carbocycles. The molecule has 3 N–H and O–H groups in total. The molecule has 0 fully saturated rings. The van der Waals surface area contributed by atoms with Gasteiger partial charge in [0, 0.05) is 16.8 Å². The number of alkyl halides is 3. The van der Waals surface area contributed by atoms with E-state index < -0.39 is 17.2 Å². The first-order chi connectivity index (χ1) is 9.96. The van der Waals surface area contributed by atoms with E-state index in [0.29, 0.717) is 11.4 Å². The molecule has 0 saturated carbocycles. The number of allylic oxidation sites excluding steroid dienone is 1. The molecular weight excluding hydrogens is 311 g/mol. The van der Waals surface area contributed by atoms with E-state index in [9.17, 15) is 18.4 Å². The van der Waals surface area contributed by atoms with Gasteiger partial charge in [-0.15, -0.1) is 0 Å². The fourth-order valence-corrected chi connectivity index (χ4v) is 1.82. The minimum absolute atomic E-state index is 0.0784. The van der Waals surface area contributed by atoms with Crippen molar-refractivity contribution in [2.75, 3.05) is 5.32 Å². The molecule has 0 saturated heterocycles. The van der Waals surface area contributed by atoms with Crippen LogP contribution >= 0.6 is 12.2 Å². The Hall–Kier alpha value is -2.07. The van der Waals surface area contributed by atoms with Gasteiger partial charge in [-0.1, -0.05) is 33.0 Å². The van der Waals surface area contributed by atoms with Crippen LogP contribution in [0.2, 0.25) is 0 Å². The molecule has 7 heteroatoms. The summed E-state index contributed by atoms with van der Waals surface area (Å²) in [6, 6.07) is 6.31. The second kappa shape index (κ2) is 6.36. The molecule has 0 heterocycles. The lowest BCUT2D eigenvalue weighted by Gasteiger charge is -2.21. The number of rotatable bonds is 2. The minimum atomic E-state index is -4.40. The second-order valence-corrected chi connectivity index (χ2v) is 6.09. The summed E-state index contributed by atoms with van der Waals surface area (Å²) in [6.07, 6.45) is -4.40. The van der Waals surface area contributed by atoms with Crippen LogP contribution in [0, 0.1) is 16.7 Å². The van der Waals surface area contributed by atoms with E-state index in [2.05, 4.69) is 5.32 Å². The fourth-order valence-electron chi connectivity index (χ4n) is 1.54. The summed E-state index contributed by atoms with van der Waals surface area (Å²) >= 11 is 5.11. The van der Waals surface area contributed by atoms with Crippen molar-refractivity contribution < 1.29 is 13.2 Å². The molecule has 0 radical (unpaired) electrons. The highest BCUT2D eigenvalue weighted by Crippen LogP contribution is 2.30. The van der Waals surface area contributed by atoms with Crippen molar-refractivity contribution in [2.45, 2.75) is 26.9 Å². The van der Waals surface area contributed by atoms with Crippen LogP contribution in [0.3, 0.4) is 0 Å². The van der Waals surface area contributed by atoms with Crippen molar-refractivity contribution in [2.24, 2.45) is 11.1 Å². The number of hydrogen-bond acceptors (Lipinski definition) is 3. The summed E-state index contributed by atoms with van der Waals surface area (Å²) in [7, 11) is 0. The standard InChI is InChI=1S/C15H16F3N3S/c1-14(2,3)12(20)11(8-19)13(22)21-10-6-4-9(5-7-10)15(16,17)18/h4-7H,20H2,1-3H3,(H,21,22)/b12-11-. The number of nitriles is 1. The SMILES string of the molecule is CC(C)(C)/C(N)=C(\C#N)C(=S)Nc1ccc(C(F)(F)F)cc1. The van der Waals surface area contributed by atoms with Crippen molar-refractivity contribution >= 4 is 22.9 Å². The third-order valence-electron chi connectivity index (χ3n) is 2.89. The van der Waals surface area contributed by atoms with Crippen LogP contribution in [0.1, 0.15) is 26.3 Å². The molecule has 0 spiro atoms. The molecule has 0 aliphatic rings. The van der Waals surface area contributed by atoms with Crippen LogP contribution in [0.5, 0.6) is 0 Å². The van der Waals surface area contributed by atoms with E-state index >= 15 is 0 Å². The van der Waals surface area contributed by atoms with E-state index in [1.165, 1.54) is 12.1 Å². The first-order valence-electron chi connectivity index (χ1n) is 6.35. The quantitative estimate of drug-likeness (QED) is 0.485. The lowest BCUT2D eigenvalue weighted by atomic mass is 9.89. The van der Waals surface area contributed by atoms with E-state index in [1.54, 1.807) is 0 Å². The number of benzene rings is 1. The van der Waals surface area contributed by atoms with Crippen LogP contribution < -0.4 is 11.1 Å². The van der Waals surface area contributed by atoms with Crippen LogP contribution in [0.4, 0.5) is 18.9 Å². The fraction of sp³-hybridized carbons (Fsp3) is 0.333. The summed E-state index contributed by atoms with van der Waals surface area (Å²) < 4.78 is 37.5. The van der Waals surface area contributed by atoms with Crippen molar-refractivity contribution in [3.05, 3.63) is 41.1 Å². The predicted molar refractivity (Wildman–Crippen MR) is 83.9 cm³/mol. The minimum Gasteiger partial charge on any atom is -0.400 e. The Kier molecular flexibility index (Phi) is 5.20. The third kappa shape index (κ3) is 4.46. The van der Waals surface area contributed by atoms with Gasteiger partial charge >= 0.3 is 6.18 Å². The maximum absolute atomic E-state index is 12.5. The monoisotopic (exact) mass is 327 g/mol. The molecular formula is C15H16F3N3S. The second-order valence-electron chi connectivity index (χ2n) is 5.68. The number of thiocarbonyl (C=S) groups is 1. The summed E-state index contributed by atoms with van der Waals surface area (Å²) in [4.78, 5) is 0.0784. The highest BCUT2D eigenvalue weighted by Gasteiger charge is 2.30. The number of nitrogens with two attached hydrogens (primary N) is 1. The summed E-state index contributed by atoms with van der Waals surface area (Å²) in [5.74, 6) is 0. The zero-order chi connectivity index (χ0) is 17.1. The number of nitrogens with zero attached hydrogens (tertiary/aromatic N) is 1. The molecule has 0 bridgehead atoms. The lowest BCUT2D eigenvalue weighted by Crippen LogP contribution is -2.24. The molecule has 1 aromatic rings. The Bertz CT molecular complexity index is 632. The number of nitrogens with one attached hydrogen (secondary N) is 1. The lowest BCUT2D eigenvalue weighted by molar-refractivity contribution is -0.137. The van der Waals surface area contributed by atoms with Gasteiger partial charge in [0.05, 0.1) is 5.56 Å². The normalized spacial score (nSPS) is 13.1. The van der Waals surface area contributed by atoms with E-state index in [1.807, 2.05) is 26.8 Å². The Morgan fingerprint density at radius 3 is 2.05 bits per heavy atom. The molecule has 0 unspecified atom stereocenters. The van der Waals surface area contributed by atoms with Gasteiger partial charge in [-0.25, -0.2) is 0 Å². The van der Waals surface area contributed by atoms with Crippen molar-refractivity contribution in [3.63, 3.8) is 0 Å². The van der Waals surface area contributed by atoms with Crippen molar-refractivity contribution in [1.82, 2.24) is 0 Å². The number of halogens is 3. The Labute approximate surface area is 132 Å². The average Bonchev–Trinajstić information content (AvgIpc) is 2.37. The summed E-state index contributed by atoms with van der Waals surface area (Å²) in [5, 5.41) is 11.9. The molecule has 1 rings (SSSR count). The maximum Gasteiger partial charge on any atom is 0.416 e. The van der Waals surface area contributed by atoms with Gasteiger partial charge < -0.3 is 11.1 Å². The van der Waals surface area contributed by atoms with Gasteiger partial charge in [0.2, 0.25) is 0 Å². The van der Waals surface area contributed by atoms with Gasteiger partial charge in [0.25, 0.3) is 0 Å². The third-order valence-corrected chi connectivity index (χ3v) is 3.19.